The summed E-state index contributed by atoms with van der Waals surface area (Å²) in [5, 5.41) is 19.1. The molecule has 2 aromatic rings. The number of amides is 3. The van der Waals surface area contributed by atoms with E-state index in [0.29, 0.717) is 52.0 Å². The third-order valence-electron chi connectivity index (χ3n) is 9.60. The second-order valence-corrected chi connectivity index (χ2v) is 13.7. The zero-order valence-electron chi connectivity index (χ0n) is 29.0. The maximum absolute atomic E-state index is 14.1. The van der Waals surface area contributed by atoms with Crippen LogP contribution in [0.15, 0.2) is 42.5 Å². The van der Waals surface area contributed by atoms with Gasteiger partial charge in [0.05, 0.1) is 31.3 Å². The van der Waals surface area contributed by atoms with Gasteiger partial charge in [-0.25, -0.2) is 4.79 Å². The molecule has 2 fully saturated rings. The molecule has 0 radical (unpaired) electrons. The van der Waals surface area contributed by atoms with E-state index < -0.39 is 42.1 Å². The Hall–Kier alpha value is -3.50. The van der Waals surface area contributed by atoms with E-state index in [0.717, 1.165) is 54.9 Å². The monoisotopic (exact) mass is 665 g/mol. The van der Waals surface area contributed by atoms with E-state index >= 15 is 0 Å². The van der Waals surface area contributed by atoms with E-state index in [1.54, 1.807) is 18.7 Å². The first kappa shape index (κ1) is 37.3. The van der Waals surface area contributed by atoms with Crippen molar-refractivity contribution in [1.29, 1.82) is 0 Å². The van der Waals surface area contributed by atoms with Crippen molar-refractivity contribution >= 4 is 34.5 Å². The molecule has 10 heteroatoms. The van der Waals surface area contributed by atoms with Crippen molar-refractivity contribution < 1.29 is 33.8 Å². The average molecular weight is 666 g/mol. The number of esters is 1. The smallest absolute Gasteiger partial charge is 0.337 e. The molecule has 3 N–H and O–H groups in total. The molecule has 3 amide bonds. The largest absolute Gasteiger partial charge is 0.461 e. The first-order valence-corrected chi connectivity index (χ1v) is 18.0. The second kappa shape index (κ2) is 18.9. The Labute approximate surface area is 285 Å². The summed E-state index contributed by atoms with van der Waals surface area (Å²) in [6.45, 7) is 7.33. The van der Waals surface area contributed by atoms with E-state index in [2.05, 4.69) is 10.6 Å². The highest BCUT2D eigenvalue weighted by molar-refractivity contribution is 5.92. The van der Waals surface area contributed by atoms with Gasteiger partial charge in [0.2, 0.25) is 17.7 Å². The molecular weight excluding hydrogens is 610 g/mol. The number of rotatable bonds is 16. The molecule has 48 heavy (non-hydrogen) atoms. The molecule has 1 saturated carbocycles. The van der Waals surface area contributed by atoms with Gasteiger partial charge in [-0.2, -0.15) is 0 Å². The van der Waals surface area contributed by atoms with Gasteiger partial charge in [-0.05, 0) is 55.4 Å². The van der Waals surface area contributed by atoms with Gasteiger partial charge in [0.15, 0.2) is 6.10 Å². The van der Waals surface area contributed by atoms with Crippen molar-refractivity contribution in [3.05, 3.63) is 48.0 Å². The van der Waals surface area contributed by atoms with Gasteiger partial charge in [0.25, 0.3) is 0 Å². The molecule has 1 saturated heterocycles. The number of morpholine rings is 1. The van der Waals surface area contributed by atoms with Crippen molar-refractivity contribution in [2.24, 2.45) is 11.8 Å². The first-order chi connectivity index (χ1) is 23.2. The maximum atomic E-state index is 14.1. The predicted molar refractivity (Wildman–Crippen MR) is 185 cm³/mol. The van der Waals surface area contributed by atoms with E-state index in [1.807, 2.05) is 49.4 Å². The molecule has 0 spiro atoms. The van der Waals surface area contributed by atoms with Crippen molar-refractivity contribution in [2.45, 2.75) is 116 Å². The Morgan fingerprint density at radius 3 is 2.38 bits per heavy atom. The van der Waals surface area contributed by atoms with E-state index in [9.17, 15) is 24.3 Å². The number of carbonyl (C=O) groups excluding carboxylic acids is 4. The van der Waals surface area contributed by atoms with E-state index in [4.69, 9.17) is 9.47 Å². The summed E-state index contributed by atoms with van der Waals surface area (Å²) < 4.78 is 10.7. The minimum atomic E-state index is -1.52. The standard InChI is InChI=1S/C38H55N3O7/c1-4-5-18-32(37(45)40-33(23-27-12-7-6-8-13-27)35(43)38(46)48-26(2)3)39-36(44)30(25-34(42)41-19-21-47-22-20-41)24-29-16-11-15-28-14-9-10-17-31(28)29/h9-11,14-17,26-27,30,32-33,35,43H,4-8,12-13,18-25H2,1-3H3,(H,39,44)(H,40,45)/t30?,32-,33-,35+/m0/s1. The predicted octanol–water partition coefficient (Wildman–Crippen LogP) is 4.69. The SMILES string of the molecule is CCCC[C@H](NC(=O)C(CC(=O)N1CCOCC1)Cc1cccc2ccccc12)C(=O)N[C@@H](CC1CCCCC1)[C@@H](O)C(=O)OC(C)C. The molecule has 1 heterocycles. The van der Waals surface area contributed by atoms with Crippen molar-refractivity contribution in [1.82, 2.24) is 15.5 Å². The van der Waals surface area contributed by atoms with Gasteiger partial charge in [-0.15, -0.1) is 0 Å². The molecule has 1 unspecified atom stereocenters. The Balaban J connectivity index is 1.55. The fourth-order valence-electron chi connectivity index (χ4n) is 6.91. The van der Waals surface area contributed by atoms with Crippen LogP contribution in [0.25, 0.3) is 10.8 Å². The van der Waals surface area contributed by atoms with Crippen LogP contribution in [0.4, 0.5) is 0 Å². The number of carbonyl (C=O) groups is 4. The normalized spacial score (nSPS) is 18.1. The topological polar surface area (TPSA) is 134 Å². The third-order valence-corrected chi connectivity index (χ3v) is 9.60. The maximum Gasteiger partial charge on any atom is 0.337 e. The van der Waals surface area contributed by atoms with Gasteiger partial charge in [-0.3, -0.25) is 14.4 Å². The minimum absolute atomic E-state index is 0.00122. The number of hydrogen-bond donors (Lipinski definition) is 3. The van der Waals surface area contributed by atoms with Crippen LogP contribution in [0, 0.1) is 11.8 Å². The number of nitrogens with one attached hydrogen (secondary N) is 2. The van der Waals surface area contributed by atoms with Crippen molar-refractivity contribution in [3.8, 4) is 0 Å². The summed E-state index contributed by atoms with van der Waals surface area (Å²) >= 11 is 0. The molecular formula is C38H55N3O7. The molecule has 2 aromatic carbocycles. The van der Waals surface area contributed by atoms with Gasteiger partial charge in [-0.1, -0.05) is 94.3 Å². The Morgan fingerprint density at radius 2 is 1.67 bits per heavy atom. The van der Waals surface area contributed by atoms with Crippen LogP contribution in [0.2, 0.25) is 0 Å². The fraction of sp³-hybridized carbons (Fsp3) is 0.632. The molecule has 0 aromatic heterocycles. The number of aliphatic hydroxyl groups excluding tert-OH is 1. The molecule has 10 nitrogen and oxygen atoms in total. The highest BCUT2D eigenvalue weighted by Crippen LogP contribution is 2.29. The number of benzene rings is 2. The molecule has 0 bridgehead atoms. The quantitative estimate of drug-likeness (QED) is 0.222. The van der Waals surface area contributed by atoms with Gasteiger partial charge >= 0.3 is 5.97 Å². The number of fused-ring (bicyclic) bond motifs is 1. The Kier molecular flexibility index (Phi) is 14.7. The van der Waals surface area contributed by atoms with Crippen LogP contribution in [-0.4, -0.2) is 84.3 Å². The molecule has 4 rings (SSSR count). The molecule has 1 aliphatic carbocycles. The van der Waals surface area contributed by atoms with E-state index in [1.165, 1.54) is 0 Å². The summed E-state index contributed by atoms with van der Waals surface area (Å²) in [7, 11) is 0. The lowest BCUT2D eigenvalue weighted by Gasteiger charge is -2.31. The van der Waals surface area contributed by atoms with Crippen molar-refractivity contribution in [2.75, 3.05) is 26.3 Å². The average Bonchev–Trinajstić information content (AvgIpc) is 3.09. The highest BCUT2D eigenvalue weighted by Gasteiger charge is 2.35. The fourth-order valence-corrected chi connectivity index (χ4v) is 6.91. The number of unbranched alkanes of at least 4 members (excludes halogenated alkanes) is 1. The van der Waals surface area contributed by atoms with Crippen LogP contribution >= 0.6 is 0 Å². The Morgan fingerprint density at radius 1 is 0.958 bits per heavy atom. The summed E-state index contributed by atoms with van der Waals surface area (Å²) in [4.78, 5) is 56.0. The molecule has 264 valence electrons. The number of ether oxygens (including phenoxy) is 2. The lowest BCUT2D eigenvalue weighted by Crippen LogP contribution is -2.55. The third kappa shape index (κ3) is 11.0. The van der Waals surface area contributed by atoms with E-state index in [-0.39, 0.29) is 24.2 Å². The van der Waals surface area contributed by atoms with Gasteiger partial charge in [0.1, 0.15) is 6.04 Å². The lowest BCUT2D eigenvalue weighted by molar-refractivity contribution is -0.159. The first-order valence-electron chi connectivity index (χ1n) is 18.0. The second-order valence-electron chi connectivity index (χ2n) is 13.7. The zero-order chi connectivity index (χ0) is 34.5. The van der Waals surface area contributed by atoms with Crippen LogP contribution in [-0.2, 0) is 35.1 Å². The van der Waals surface area contributed by atoms with Crippen LogP contribution in [0.1, 0.15) is 90.5 Å². The summed E-state index contributed by atoms with van der Waals surface area (Å²) in [6, 6.07) is 12.2. The van der Waals surface area contributed by atoms with Gasteiger partial charge < -0.3 is 30.1 Å². The molecule has 1 aliphatic heterocycles. The van der Waals surface area contributed by atoms with Crippen LogP contribution in [0.5, 0.6) is 0 Å². The molecule has 2 aliphatic rings. The summed E-state index contributed by atoms with van der Waals surface area (Å²) in [5.41, 5.74) is 0.955. The highest BCUT2D eigenvalue weighted by atomic mass is 16.6. The molecule has 4 atom stereocenters. The minimum Gasteiger partial charge on any atom is -0.461 e. The van der Waals surface area contributed by atoms with Crippen LogP contribution in [0.3, 0.4) is 0 Å². The van der Waals surface area contributed by atoms with Crippen molar-refractivity contribution in [3.63, 3.8) is 0 Å². The van der Waals surface area contributed by atoms with Gasteiger partial charge in [0, 0.05) is 19.5 Å². The lowest BCUT2D eigenvalue weighted by atomic mass is 9.83. The number of nitrogens with zero attached hydrogens (tertiary/aromatic N) is 1. The van der Waals surface area contributed by atoms with Crippen LogP contribution < -0.4 is 10.6 Å². The zero-order valence-corrected chi connectivity index (χ0v) is 29.0. The number of aliphatic hydroxyl groups is 1. The Bertz CT molecular complexity index is 1350. The summed E-state index contributed by atoms with van der Waals surface area (Å²) in [6.07, 6.45) is 5.99. The number of hydrogen-bond acceptors (Lipinski definition) is 7. The summed E-state index contributed by atoms with van der Waals surface area (Å²) in [5.74, 6) is -2.15.